The molecule has 0 bridgehead atoms. The number of hydrogen-bond donors (Lipinski definition) is 1. The highest BCUT2D eigenvalue weighted by molar-refractivity contribution is 4.77. The molecule has 0 heterocycles. The zero-order valence-corrected chi connectivity index (χ0v) is 6.89. The molecule has 0 aromatic carbocycles. The van der Waals surface area contributed by atoms with Gasteiger partial charge in [0.2, 0.25) is 0 Å². The van der Waals surface area contributed by atoms with Gasteiger partial charge in [-0.15, -0.1) is 0 Å². The van der Waals surface area contributed by atoms with Gasteiger partial charge in [-0.3, -0.25) is 0 Å². The van der Waals surface area contributed by atoms with Crippen LogP contribution in [0.15, 0.2) is 0 Å². The van der Waals surface area contributed by atoms with Gasteiger partial charge >= 0.3 is 0 Å². The highest BCUT2D eigenvalue weighted by Crippen LogP contribution is 2.27. The van der Waals surface area contributed by atoms with Gasteiger partial charge in [0.15, 0.2) is 0 Å². The fourth-order valence-corrected chi connectivity index (χ4v) is 1.72. The van der Waals surface area contributed by atoms with Crippen LogP contribution < -0.4 is 5.48 Å². The van der Waals surface area contributed by atoms with Crippen molar-refractivity contribution in [3.05, 3.63) is 0 Å². The molecule has 2 nitrogen and oxygen atoms in total. The second-order valence-electron chi connectivity index (χ2n) is 3.11. The van der Waals surface area contributed by atoms with Crippen molar-refractivity contribution in [1.82, 2.24) is 5.48 Å². The molecule has 0 aliphatic heterocycles. The Morgan fingerprint density at radius 2 is 2.30 bits per heavy atom. The summed E-state index contributed by atoms with van der Waals surface area (Å²) >= 11 is 0. The van der Waals surface area contributed by atoms with Crippen LogP contribution in [0.5, 0.6) is 0 Å². The van der Waals surface area contributed by atoms with Crippen LogP contribution in [0.1, 0.15) is 32.6 Å². The van der Waals surface area contributed by atoms with Crippen molar-refractivity contribution < 1.29 is 4.84 Å². The first kappa shape index (κ1) is 8.02. The second-order valence-corrected chi connectivity index (χ2v) is 3.11. The largest absolute Gasteiger partial charge is 0.305 e. The van der Waals surface area contributed by atoms with Crippen molar-refractivity contribution in [2.75, 3.05) is 7.11 Å². The first-order valence-electron chi connectivity index (χ1n) is 4.15. The van der Waals surface area contributed by atoms with Gasteiger partial charge < -0.3 is 4.84 Å². The summed E-state index contributed by atoms with van der Waals surface area (Å²) in [6.07, 6.45) is 5.27. The molecule has 1 rings (SSSR count). The highest BCUT2D eigenvalue weighted by Gasteiger charge is 2.22. The lowest BCUT2D eigenvalue weighted by atomic mass is 10.1. The number of hydrogen-bond acceptors (Lipinski definition) is 2. The minimum atomic E-state index is 0.620. The van der Waals surface area contributed by atoms with Gasteiger partial charge in [0.25, 0.3) is 0 Å². The van der Waals surface area contributed by atoms with Crippen LogP contribution in [0, 0.1) is 5.92 Å². The molecule has 0 radical (unpaired) electrons. The first-order valence-corrected chi connectivity index (χ1v) is 4.15. The summed E-state index contributed by atoms with van der Waals surface area (Å²) in [5, 5.41) is 0. The molecule has 0 spiro atoms. The Kier molecular flexibility index (Phi) is 3.16. The lowest BCUT2D eigenvalue weighted by molar-refractivity contribution is 0.0615. The Hall–Kier alpha value is -0.0800. The summed E-state index contributed by atoms with van der Waals surface area (Å²) in [4.78, 5) is 4.87. The lowest BCUT2D eigenvalue weighted by Gasteiger charge is -2.09. The van der Waals surface area contributed by atoms with Gasteiger partial charge in [-0.1, -0.05) is 13.3 Å². The van der Waals surface area contributed by atoms with E-state index in [2.05, 4.69) is 12.4 Å². The van der Waals surface area contributed by atoms with Crippen LogP contribution in [0.2, 0.25) is 0 Å². The van der Waals surface area contributed by atoms with Crippen molar-refractivity contribution in [2.24, 2.45) is 5.92 Å². The Morgan fingerprint density at radius 3 is 2.80 bits per heavy atom. The minimum Gasteiger partial charge on any atom is -0.305 e. The highest BCUT2D eigenvalue weighted by atomic mass is 16.6. The fraction of sp³-hybridized carbons (Fsp3) is 1.00. The molecular weight excluding hydrogens is 126 g/mol. The van der Waals surface area contributed by atoms with Gasteiger partial charge in [-0.2, -0.15) is 5.48 Å². The maximum atomic E-state index is 4.87. The van der Waals surface area contributed by atoms with Crippen LogP contribution in [-0.2, 0) is 4.84 Å². The third-order valence-corrected chi connectivity index (χ3v) is 2.40. The van der Waals surface area contributed by atoms with E-state index in [-0.39, 0.29) is 0 Å². The molecule has 1 N–H and O–H groups in total. The Bertz CT molecular complexity index is 95.3. The number of rotatable bonds is 3. The topological polar surface area (TPSA) is 21.3 Å². The van der Waals surface area contributed by atoms with Gasteiger partial charge in [-0.25, -0.2) is 0 Å². The van der Waals surface area contributed by atoms with Crippen LogP contribution >= 0.6 is 0 Å². The van der Waals surface area contributed by atoms with Crippen LogP contribution in [0.25, 0.3) is 0 Å². The van der Waals surface area contributed by atoms with E-state index in [1.54, 1.807) is 7.11 Å². The van der Waals surface area contributed by atoms with Gasteiger partial charge in [0, 0.05) is 6.04 Å². The third-order valence-electron chi connectivity index (χ3n) is 2.40. The summed E-state index contributed by atoms with van der Waals surface area (Å²) in [5.74, 6) is 0.938. The van der Waals surface area contributed by atoms with E-state index in [0.717, 1.165) is 5.92 Å². The molecule has 0 amide bonds. The van der Waals surface area contributed by atoms with Crippen LogP contribution in [0.4, 0.5) is 0 Å². The van der Waals surface area contributed by atoms with E-state index >= 15 is 0 Å². The average Bonchev–Trinajstić information content (AvgIpc) is 2.37. The van der Waals surface area contributed by atoms with E-state index in [4.69, 9.17) is 4.84 Å². The molecule has 60 valence electrons. The van der Waals surface area contributed by atoms with Crippen molar-refractivity contribution in [3.63, 3.8) is 0 Å². The monoisotopic (exact) mass is 143 g/mol. The zero-order chi connectivity index (χ0) is 7.40. The SMILES string of the molecule is CCC1CCC(NOC)C1. The molecule has 1 aliphatic rings. The summed E-state index contributed by atoms with van der Waals surface area (Å²) < 4.78 is 0. The Morgan fingerprint density at radius 1 is 1.50 bits per heavy atom. The van der Waals surface area contributed by atoms with Crippen molar-refractivity contribution in [3.8, 4) is 0 Å². The van der Waals surface area contributed by atoms with Crippen molar-refractivity contribution >= 4 is 0 Å². The average molecular weight is 143 g/mol. The number of hydroxylamine groups is 1. The van der Waals surface area contributed by atoms with E-state index in [1.807, 2.05) is 0 Å². The first-order chi connectivity index (χ1) is 4.86. The molecule has 1 aliphatic carbocycles. The minimum absolute atomic E-state index is 0.620. The third kappa shape index (κ3) is 1.96. The molecule has 0 saturated heterocycles. The second kappa shape index (κ2) is 3.94. The molecule has 2 atom stereocenters. The van der Waals surface area contributed by atoms with Crippen molar-refractivity contribution in [2.45, 2.75) is 38.6 Å². The molecule has 2 heteroatoms. The van der Waals surface area contributed by atoms with E-state index in [0.29, 0.717) is 6.04 Å². The smallest absolute Gasteiger partial charge is 0.0572 e. The predicted molar refractivity (Wildman–Crippen MR) is 41.6 cm³/mol. The van der Waals surface area contributed by atoms with Gasteiger partial charge in [-0.05, 0) is 25.2 Å². The maximum absolute atomic E-state index is 4.87. The molecule has 1 fully saturated rings. The van der Waals surface area contributed by atoms with Gasteiger partial charge in [0.05, 0.1) is 7.11 Å². The lowest BCUT2D eigenvalue weighted by Crippen LogP contribution is -2.24. The standard InChI is InChI=1S/C8H17NO/c1-3-7-4-5-8(6-7)9-10-2/h7-9H,3-6H2,1-2H3. The summed E-state index contributed by atoms with van der Waals surface area (Å²) in [6.45, 7) is 2.26. The molecule has 1 saturated carbocycles. The van der Waals surface area contributed by atoms with E-state index in [1.165, 1.54) is 25.7 Å². The maximum Gasteiger partial charge on any atom is 0.0572 e. The normalized spacial score (nSPS) is 33.0. The predicted octanol–water partition coefficient (Wildman–Crippen LogP) is 1.72. The van der Waals surface area contributed by atoms with Crippen LogP contribution in [-0.4, -0.2) is 13.2 Å². The van der Waals surface area contributed by atoms with E-state index in [9.17, 15) is 0 Å². The Balaban J connectivity index is 2.15. The summed E-state index contributed by atoms with van der Waals surface area (Å²) in [7, 11) is 1.69. The Labute approximate surface area is 62.9 Å². The molecular formula is C8H17NO. The van der Waals surface area contributed by atoms with Gasteiger partial charge in [0.1, 0.15) is 0 Å². The van der Waals surface area contributed by atoms with E-state index < -0.39 is 0 Å². The zero-order valence-electron chi connectivity index (χ0n) is 6.89. The molecule has 0 aromatic rings. The number of nitrogens with one attached hydrogen (secondary N) is 1. The quantitative estimate of drug-likeness (QED) is 0.607. The van der Waals surface area contributed by atoms with Crippen molar-refractivity contribution in [1.29, 1.82) is 0 Å². The summed E-state index contributed by atoms with van der Waals surface area (Å²) in [6, 6.07) is 0.620. The molecule has 10 heavy (non-hydrogen) atoms. The molecule has 0 aromatic heterocycles. The molecule has 2 unspecified atom stereocenters. The summed E-state index contributed by atoms with van der Waals surface area (Å²) in [5.41, 5.74) is 3.01. The fourth-order valence-electron chi connectivity index (χ4n) is 1.72. The van der Waals surface area contributed by atoms with Crippen LogP contribution in [0.3, 0.4) is 0 Å².